The normalized spacial score (nSPS) is 19.3. The third-order valence-corrected chi connectivity index (χ3v) is 7.85. The van der Waals surface area contributed by atoms with Gasteiger partial charge < -0.3 is 15.0 Å². The van der Waals surface area contributed by atoms with Gasteiger partial charge in [0.25, 0.3) is 0 Å². The molecule has 4 heteroatoms. The van der Waals surface area contributed by atoms with E-state index in [4.69, 9.17) is 4.74 Å². The first kappa shape index (κ1) is 22.6. The number of ether oxygens (including phenoxy) is 1. The molecule has 1 fully saturated rings. The SMILES string of the molecule is Cl.c1ccc2c(c1)CCc1ccccc1C2NCCN1CCC2(CC1)OCc1ccccc12. The highest BCUT2D eigenvalue weighted by molar-refractivity contribution is 5.85. The molecule has 0 bridgehead atoms. The van der Waals surface area contributed by atoms with Gasteiger partial charge in [-0.3, -0.25) is 0 Å². The number of piperidine rings is 1. The van der Waals surface area contributed by atoms with Crippen molar-refractivity contribution in [3.05, 3.63) is 106 Å². The lowest BCUT2D eigenvalue weighted by Crippen LogP contribution is -2.45. The van der Waals surface area contributed by atoms with E-state index in [0.29, 0.717) is 0 Å². The van der Waals surface area contributed by atoms with E-state index in [1.165, 1.54) is 33.4 Å². The Kier molecular flexibility index (Phi) is 6.58. The maximum atomic E-state index is 6.35. The van der Waals surface area contributed by atoms with Gasteiger partial charge in [0.2, 0.25) is 0 Å². The summed E-state index contributed by atoms with van der Waals surface area (Å²) in [5.74, 6) is 0. The Hall–Kier alpha value is -2.17. The van der Waals surface area contributed by atoms with E-state index in [1.54, 1.807) is 0 Å². The van der Waals surface area contributed by atoms with Crippen LogP contribution < -0.4 is 5.32 Å². The minimum Gasteiger partial charge on any atom is -0.365 e. The number of halogens is 1. The maximum Gasteiger partial charge on any atom is 0.0963 e. The molecule has 1 spiro atoms. The molecule has 0 radical (unpaired) electrons. The molecule has 172 valence electrons. The van der Waals surface area contributed by atoms with Gasteiger partial charge in [-0.1, -0.05) is 72.8 Å². The fourth-order valence-corrected chi connectivity index (χ4v) is 6.05. The predicted octanol–water partition coefficient (Wildman–Crippen LogP) is 5.41. The third kappa shape index (κ3) is 4.24. The lowest BCUT2D eigenvalue weighted by atomic mass is 9.84. The van der Waals surface area contributed by atoms with Crippen molar-refractivity contribution in [2.75, 3.05) is 26.2 Å². The van der Waals surface area contributed by atoms with Gasteiger partial charge in [0.05, 0.1) is 18.2 Å². The second-order valence-corrected chi connectivity index (χ2v) is 9.57. The van der Waals surface area contributed by atoms with Crippen LogP contribution in [0.25, 0.3) is 0 Å². The van der Waals surface area contributed by atoms with Crippen LogP contribution in [-0.2, 0) is 29.8 Å². The lowest BCUT2D eigenvalue weighted by Gasteiger charge is -2.39. The Balaban J connectivity index is 0.00000228. The van der Waals surface area contributed by atoms with Crippen molar-refractivity contribution in [3.63, 3.8) is 0 Å². The number of hydrogen-bond acceptors (Lipinski definition) is 3. The minimum atomic E-state index is -0.0420. The van der Waals surface area contributed by atoms with E-state index in [0.717, 1.165) is 58.5 Å². The smallest absolute Gasteiger partial charge is 0.0963 e. The molecule has 6 rings (SSSR count). The largest absolute Gasteiger partial charge is 0.365 e. The first-order valence-electron chi connectivity index (χ1n) is 12.2. The van der Waals surface area contributed by atoms with Crippen molar-refractivity contribution in [2.24, 2.45) is 0 Å². The van der Waals surface area contributed by atoms with E-state index >= 15 is 0 Å². The van der Waals surface area contributed by atoms with Crippen LogP contribution in [0.3, 0.4) is 0 Å². The molecule has 3 aromatic carbocycles. The van der Waals surface area contributed by atoms with Crippen molar-refractivity contribution in [1.29, 1.82) is 0 Å². The molecule has 0 unspecified atom stereocenters. The summed E-state index contributed by atoms with van der Waals surface area (Å²) in [5.41, 5.74) is 8.64. The van der Waals surface area contributed by atoms with Gasteiger partial charge in [0.1, 0.15) is 0 Å². The molecule has 2 heterocycles. The van der Waals surface area contributed by atoms with Crippen LogP contribution in [0.5, 0.6) is 0 Å². The molecule has 3 aromatic rings. The zero-order chi connectivity index (χ0) is 21.4. The van der Waals surface area contributed by atoms with E-state index in [1.807, 2.05) is 0 Å². The number of fused-ring (bicyclic) bond motifs is 4. The maximum absolute atomic E-state index is 6.35. The van der Waals surface area contributed by atoms with Crippen molar-refractivity contribution >= 4 is 12.4 Å². The fraction of sp³-hybridized carbons (Fsp3) is 0.379. The van der Waals surface area contributed by atoms with Gasteiger partial charge in [-0.15, -0.1) is 12.4 Å². The van der Waals surface area contributed by atoms with Crippen molar-refractivity contribution in [2.45, 2.75) is 43.9 Å². The second-order valence-electron chi connectivity index (χ2n) is 9.57. The molecular formula is C29H33ClN2O. The lowest BCUT2D eigenvalue weighted by molar-refractivity contribution is -0.0785. The van der Waals surface area contributed by atoms with Crippen LogP contribution in [-0.4, -0.2) is 31.1 Å². The van der Waals surface area contributed by atoms with E-state index in [9.17, 15) is 0 Å². The fourth-order valence-electron chi connectivity index (χ4n) is 6.05. The average molecular weight is 461 g/mol. The van der Waals surface area contributed by atoms with Gasteiger partial charge in [0.15, 0.2) is 0 Å². The van der Waals surface area contributed by atoms with Crippen molar-refractivity contribution in [1.82, 2.24) is 10.2 Å². The summed E-state index contributed by atoms with van der Waals surface area (Å²) < 4.78 is 6.35. The first-order valence-corrected chi connectivity index (χ1v) is 12.2. The molecule has 3 aliphatic rings. The molecule has 0 amide bonds. The summed E-state index contributed by atoms with van der Waals surface area (Å²) in [6, 6.07) is 27.0. The van der Waals surface area contributed by atoms with Crippen LogP contribution in [0.1, 0.15) is 52.3 Å². The van der Waals surface area contributed by atoms with Crippen LogP contribution in [0, 0.1) is 0 Å². The topological polar surface area (TPSA) is 24.5 Å². The Morgan fingerprint density at radius 3 is 2.03 bits per heavy atom. The van der Waals surface area contributed by atoms with E-state index in [2.05, 4.69) is 83.0 Å². The van der Waals surface area contributed by atoms with Crippen LogP contribution in [0.4, 0.5) is 0 Å². The summed E-state index contributed by atoms with van der Waals surface area (Å²) in [6.45, 7) is 5.07. The number of nitrogens with one attached hydrogen (secondary N) is 1. The molecular weight excluding hydrogens is 428 g/mol. The number of nitrogens with zero attached hydrogens (tertiary/aromatic N) is 1. The molecule has 0 aromatic heterocycles. The predicted molar refractivity (Wildman–Crippen MR) is 136 cm³/mol. The summed E-state index contributed by atoms with van der Waals surface area (Å²) >= 11 is 0. The van der Waals surface area contributed by atoms with E-state index in [-0.39, 0.29) is 24.0 Å². The number of benzene rings is 3. The molecule has 0 saturated carbocycles. The van der Waals surface area contributed by atoms with Crippen molar-refractivity contribution in [3.8, 4) is 0 Å². The quantitative estimate of drug-likeness (QED) is 0.563. The molecule has 1 N–H and O–H groups in total. The van der Waals surface area contributed by atoms with Crippen molar-refractivity contribution < 1.29 is 4.74 Å². The highest BCUT2D eigenvalue weighted by Crippen LogP contribution is 2.43. The van der Waals surface area contributed by atoms with Crippen LogP contribution in [0.2, 0.25) is 0 Å². The highest BCUT2D eigenvalue weighted by Gasteiger charge is 2.42. The Labute approximate surface area is 203 Å². The highest BCUT2D eigenvalue weighted by atomic mass is 35.5. The summed E-state index contributed by atoms with van der Waals surface area (Å²) in [4.78, 5) is 2.61. The first-order chi connectivity index (χ1) is 15.8. The zero-order valence-corrected chi connectivity index (χ0v) is 19.9. The van der Waals surface area contributed by atoms with Crippen LogP contribution in [0.15, 0.2) is 72.8 Å². The van der Waals surface area contributed by atoms with Gasteiger partial charge in [0, 0.05) is 26.2 Å². The standard InChI is InChI=1S/C29H32N2O.ClH/c1-4-10-25-22(7-1)13-14-23-8-2-5-11-26(23)28(25)30-17-20-31-18-15-29(16-19-31)27-12-6-3-9-24(27)21-32-29;/h1-12,28,30H,13-21H2;1H. The van der Waals surface area contributed by atoms with Gasteiger partial charge in [-0.25, -0.2) is 0 Å². The van der Waals surface area contributed by atoms with Crippen LogP contribution >= 0.6 is 12.4 Å². The van der Waals surface area contributed by atoms with Gasteiger partial charge in [-0.05, 0) is 59.1 Å². The molecule has 33 heavy (non-hydrogen) atoms. The summed E-state index contributed by atoms with van der Waals surface area (Å²) in [7, 11) is 0. The Bertz CT molecular complexity index is 1060. The zero-order valence-electron chi connectivity index (χ0n) is 19.1. The number of likely N-dealkylation sites (tertiary alicyclic amines) is 1. The molecule has 3 nitrogen and oxygen atoms in total. The second kappa shape index (κ2) is 9.60. The average Bonchev–Trinajstić information content (AvgIpc) is 3.12. The van der Waals surface area contributed by atoms with E-state index < -0.39 is 0 Å². The summed E-state index contributed by atoms with van der Waals surface area (Å²) in [5, 5.41) is 3.93. The number of aryl methyl sites for hydroxylation is 2. The molecule has 2 aliphatic heterocycles. The summed E-state index contributed by atoms with van der Waals surface area (Å²) in [6.07, 6.45) is 4.44. The number of rotatable bonds is 4. The monoisotopic (exact) mass is 460 g/mol. The van der Waals surface area contributed by atoms with Gasteiger partial charge in [-0.2, -0.15) is 0 Å². The number of hydrogen-bond donors (Lipinski definition) is 1. The molecule has 1 aliphatic carbocycles. The Morgan fingerprint density at radius 2 is 1.36 bits per heavy atom. The third-order valence-electron chi connectivity index (χ3n) is 7.85. The van der Waals surface area contributed by atoms with Gasteiger partial charge >= 0.3 is 0 Å². The minimum absolute atomic E-state index is 0. The molecule has 0 atom stereocenters. The molecule has 1 saturated heterocycles. The Morgan fingerprint density at radius 1 is 0.788 bits per heavy atom.